The minimum Gasteiger partial charge on any atom is -0.350 e. The number of pyridine rings is 2. The summed E-state index contributed by atoms with van der Waals surface area (Å²) >= 11 is 0. The normalized spacial score (nSPS) is 18.5. The van der Waals surface area contributed by atoms with E-state index in [0.717, 1.165) is 0 Å². The lowest BCUT2D eigenvalue weighted by atomic mass is 9.99. The second-order valence-corrected chi connectivity index (χ2v) is 6.54. The highest BCUT2D eigenvalue weighted by molar-refractivity contribution is 5.92. The number of aryl methyl sites for hydroxylation is 1. The summed E-state index contributed by atoms with van der Waals surface area (Å²) in [4.78, 5) is 21.3. The molecule has 1 atom stereocenters. The quantitative estimate of drug-likeness (QED) is 0.605. The molecule has 8 nitrogen and oxygen atoms in total. The first-order chi connectivity index (χ1) is 13.9. The Balaban J connectivity index is 2.29. The van der Waals surface area contributed by atoms with Crippen LogP contribution in [0.15, 0.2) is 24.4 Å². The van der Waals surface area contributed by atoms with Gasteiger partial charge >= 0.3 is 6.03 Å². The number of aromatic nitrogens is 2. The average molecular weight is 404 g/mol. The van der Waals surface area contributed by atoms with E-state index in [1.807, 2.05) is 6.07 Å². The zero-order valence-electron chi connectivity index (χ0n) is 15.9. The summed E-state index contributed by atoms with van der Waals surface area (Å²) < 4.78 is 37.1. The summed E-state index contributed by atoms with van der Waals surface area (Å²) in [5.74, 6) is 0.464. The van der Waals surface area contributed by atoms with Gasteiger partial charge in [-0.05, 0) is 18.6 Å². The van der Waals surface area contributed by atoms with Gasteiger partial charge in [-0.2, -0.15) is 10.2 Å². The van der Waals surface area contributed by atoms with Crippen molar-refractivity contribution < 1.29 is 23.0 Å². The summed E-state index contributed by atoms with van der Waals surface area (Å²) in [6.07, 6.45) is -1.65. The minimum absolute atomic E-state index is 0.122. The number of methoxy groups -OCH3 is 2. The Morgan fingerprint density at radius 3 is 2.59 bits per heavy atom. The number of hydrogen-bond acceptors (Lipinski definition) is 6. The Morgan fingerprint density at radius 1 is 1.34 bits per heavy atom. The molecule has 0 fully saturated rings. The molecule has 2 aromatic heterocycles. The fourth-order valence-corrected chi connectivity index (χ4v) is 3.62. The van der Waals surface area contributed by atoms with Crippen LogP contribution in [0.5, 0.6) is 0 Å². The van der Waals surface area contributed by atoms with Crippen molar-refractivity contribution in [3.8, 4) is 6.07 Å². The zero-order chi connectivity index (χ0) is 21.2. The van der Waals surface area contributed by atoms with Crippen LogP contribution < -0.4 is 10.2 Å². The highest BCUT2D eigenvalue weighted by Gasteiger charge is 2.48. The first kappa shape index (κ1) is 20.7. The standard InChI is InChI=1S/C19H19F2N5O3/c1-28-18(29-2)15-13(16(20)21)8-12-4-3-7-26(19(23)27,17(12)25-15)14-6-5-11(9-22)10-24-14/h5-6,8,10,16,18H,3-4,7H2,1-2H3,(H-,23,27)/p+1. The molecule has 1 aliphatic rings. The van der Waals surface area contributed by atoms with Crippen molar-refractivity contribution in [2.24, 2.45) is 5.73 Å². The van der Waals surface area contributed by atoms with Gasteiger partial charge in [-0.15, -0.1) is 4.48 Å². The van der Waals surface area contributed by atoms with Crippen molar-refractivity contribution in [1.29, 1.82) is 5.26 Å². The summed E-state index contributed by atoms with van der Waals surface area (Å²) in [5, 5.41) is 9.01. The number of amides is 2. The molecule has 2 aromatic rings. The Bertz CT molecular complexity index is 958. The molecule has 152 valence electrons. The lowest BCUT2D eigenvalue weighted by molar-refractivity contribution is -0.110. The van der Waals surface area contributed by atoms with Crippen LogP contribution in [0, 0.1) is 11.3 Å². The molecule has 1 aliphatic heterocycles. The number of ether oxygens (including phenoxy) is 2. The van der Waals surface area contributed by atoms with Crippen LogP contribution in [0.1, 0.15) is 41.5 Å². The molecular weight excluding hydrogens is 384 g/mol. The van der Waals surface area contributed by atoms with Gasteiger partial charge in [0.15, 0.2) is 0 Å². The second kappa shape index (κ2) is 8.16. The van der Waals surface area contributed by atoms with Crippen LogP contribution in [0.3, 0.4) is 0 Å². The second-order valence-electron chi connectivity index (χ2n) is 6.54. The number of carbonyl (C=O) groups is 1. The van der Waals surface area contributed by atoms with Crippen LogP contribution in [0.4, 0.5) is 25.2 Å². The van der Waals surface area contributed by atoms with Gasteiger partial charge in [-0.25, -0.2) is 18.6 Å². The number of hydrogen-bond donors (Lipinski definition) is 1. The number of nitrogens with zero attached hydrogens (tertiary/aromatic N) is 4. The highest BCUT2D eigenvalue weighted by Crippen LogP contribution is 2.42. The predicted octanol–water partition coefficient (Wildman–Crippen LogP) is 3.24. The molecular formula is C19H20F2N5O3+. The minimum atomic E-state index is -2.80. The van der Waals surface area contributed by atoms with E-state index < -0.39 is 23.2 Å². The third kappa shape index (κ3) is 3.44. The van der Waals surface area contributed by atoms with E-state index in [4.69, 9.17) is 20.5 Å². The third-order valence-corrected chi connectivity index (χ3v) is 4.97. The molecule has 3 rings (SSSR count). The maximum absolute atomic E-state index is 13.7. The van der Waals surface area contributed by atoms with Crippen molar-refractivity contribution in [3.63, 3.8) is 0 Å². The van der Waals surface area contributed by atoms with Gasteiger partial charge in [0.1, 0.15) is 18.3 Å². The van der Waals surface area contributed by atoms with Gasteiger partial charge in [0, 0.05) is 37.8 Å². The highest BCUT2D eigenvalue weighted by atomic mass is 19.3. The van der Waals surface area contributed by atoms with Gasteiger partial charge in [0.2, 0.25) is 17.9 Å². The first-order valence-corrected chi connectivity index (χ1v) is 8.81. The lowest BCUT2D eigenvalue weighted by Gasteiger charge is -2.36. The number of rotatable bonds is 5. The summed E-state index contributed by atoms with van der Waals surface area (Å²) in [7, 11) is 2.62. The molecule has 2 N–H and O–H groups in total. The third-order valence-electron chi connectivity index (χ3n) is 4.97. The molecule has 29 heavy (non-hydrogen) atoms. The molecule has 0 saturated heterocycles. The van der Waals surface area contributed by atoms with Crippen molar-refractivity contribution in [3.05, 3.63) is 46.8 Å². The number of alkyl halides is 2. The molecule has 0 radical (unpaired) electrons. The van der Waals surface area contributed by atoms with Crippen molar-refractivity contribution in [2.75, 3.05) is 20.8 Å². The first-order valence-electron chi connectivity index (χ1n) is 8.81. The van der Waals surface area contributed by atoms with E-state index in [2.05, 4.69) is 9.97 Å². The molecule has 2 amide bonds. The van der Waals surface area contributed by atoms with Crippen LogP contribution in [0.25, 0.3) is 0 Å². The number of halogens is 2. The van der Waals surface area contributed by atoms with E-state index in [1.54, 1.807) is 0 Å². The lowest BCUT2D eigenvalue weighted by Crippen LogP contribution is -2.56. The number of nitriles is 1. The van der Waals surface area contributed by atoms with Crippen LogP contribution >= 0.6 is 0 Å². The van der Waals surface area contributed by atoms with Gasteiger partial charge in [-0.1, -0.05) is 0 Å². The Kier molecular flexibility index (Phi) is 5.83. The molecule has 0 bridgehead atoms. The summed E-state index contributed by atoms with van der Waals surface area (Å²) in [6.45, 7) is 0.256. The van der Waals surface area contributed by atoms with Crippen LogP contribution in [0.2, 0.25) is 0 Å². The van der Waals surface area contributed by atoms with Crippen LogP contribution in [-0.2, 0) is 15.9 Å². The Morgan fingerprint density at radius 2 is 2.07 bits per heavy atom. The van der Waals surface area contributed by atoms with Gasteiger partial charge in [0.25, 0.3) is 6.43 Å². The number of urea groups is 1. The van der Waals surface area contributed by atoms with E-state index >= 15 is 0 Å². The van der Waals surface area contributed by atoms with Gasteiger partial charge < -0.3 is 15.2 Å². The molecule has 3 heterocycles. The fraction of sp³-hybridized carbons (Fsp3) is 0.368. The zero-order valence-corrected chi connectivity index (χ0v) is 15.9. The molecule has 0 saturated carbocycles. The largest absolute Gasteiger partial charge is 0.426 e. The predicted molar refractivity (Wildman–Crippen MR) is 99.1 cm³/mol. The van der Waals surface area contributed by atoms with E-state index in [-0.39, 0.29) is 29.4 Å². The molecule has 0 aromatic carbocycles. The number of fused-ring (bicyclic) bond motifs is 1. The molecule has 0 spiro atoms. The fourth-order valence-electron chi connectivity index (χ4n) is 3.62. The maximum Gasteiger partial charge on any atom is 0.426 e. The SMILES string of the molecule is COC(OC)c1nc2c(cc1C(F)F)CCC[N+]2(C(N)=O)c1ccc(C#N)cn1. The number of carbonyl (C=O) groups excluding carboxylic acids is 1. The number of quaternary nitrogens is 1. The van der Waals surface area contributed by atoms with E-state index in [9.17, 15) is 13.6 Å². The smallest absolute Gasteiger partial charge is 0.350 e. The van der Waals surface area contributed by atoms with Crippen molar-refractivity contribution in [2.45, 2.75) is 25.6 Å². The topological polar surface area (TPSA) is 111 Å². The van der Waals surface area contributed by atoms with E-state index in [1.165, 1.54) is 38.6 Å². The number of primary amides is 1. The monoisotopic (exact) mass is 404 g/mol. The Hall–Kier alpha value is -3.00. The van der Waals surface area contributed by atoms with Crippen molar-refractivity contribution >= 4 is 17.7 Å². The summed E-state index contributed by atoms with van der Waals surface area (Å²) in [5.41, 5.74) is 6.13. The Labute approximate surface area is 166 Å². The molecule has 1 unspecified atom stereocenters. The van der Waals surface area contributed by atoms with Crippen LogP contribution in [-0.4, -0.2) is 36.8 Å². The van der Waals surface area contributed by atoms with Crippen molar-refractivity contribution in [1.82, 2.24) is 14.5 Å². The molecule has 0 aliphatic carbocycles. The van der Waals surface area contributed by atoms with Gasteiger partial charge in [0.05, 0.1) is 11.8 Å². The number of nitrogens with two attached hydrogens (primary N) is 1. The summed E-state index contributed by atoms with van der Waals surface area (Å²) in [6, 6.07) is 5.57. The molecule has 10 heteroatoms. The average Bonchev–Trinajstić information content (AvgIpc) is 2.73. The van der Waals surface area contributed by atoms with E-state index in [0.29, 0.717) is 24.0 Å². The maximum atomic E-state index is 13.7. The van der Waals surface area contributed by atoms with Gasteiger partial charge in [-0.3, -0.25) is 0 Å².